The van der Waals surface area contributed by atoms with Gasteiger partial charge in [-0.3, -0.25) is 9.59 Å². The number of aryl methyl sites for hydroxylation is 2. The zero-order valence-corrected chi connectivity index (χ0v) is 12.8. The van der Waals surface area contributed by atoms with Crippen molar-refractivity contribution in [2.24, 2.45) is 0 Å². The molecule has 0 aliphatic carbocycles. The molecule has 1 amide bonds. The number of carbonyl (C=O) groups excluding carboxylic acids is 2. The van der Waals surface area contributed by atoms with Crippen LogP contribution in [0.5, 0.6) is 0 Å². The third-order valence-electron chi connectivity index (χ3n) is 3.08. The Bertz CT molecular complexity index is 635. The molecule has 0 saturated carbocycles. The minimum Gasteiger partial charge on any atom is -0.455 e. The summed E-state index contributed by atoms with van der Waals surface area (Å²) in [4.78, 5) is 23.3. The molecule has 0 unspecified atom stereocenters. The van der Waals surface area contributed by atoms with Gasteiger partial charge in [0.05, 0.1) is 6.42 Å². The number of esters is 1. The maximum atomic E-state index is 11.7. The zero-order chi connectivity index (χ0) is 15.2. The number of nitrogens with one attached hydrogen (secondary N) is 1. The summed E-state index contributed by atoms with van der Waals surface area (Å²) < 4.78 is 4.96. The molecule has 1 N–H and O–H groups in total. The van der Waals surface area contributed by atoms with Crippen molar-refractivity contribution in [3.63, 3.8) is 0 Å². The second kappa shape index (κ2) is 7.04. The first-order chi connectivity index (χ1) is 10.0. The first kappa shape index (κ1) is 15.3. The number of rotatable bonds is 5. The summed E-state index contributed by atoms with van der Waals surface area (Å²) in [5, 5.41) is 6.49. The van der Waals surface area contributed by atoms with Gasteiger partial charge < -0.3 is 10.1 Å². The Morgan fingerprint density at radius 3 is 2.67 bits per heavy atom. The fourth-order valence-electron chi connectivity index (χ4n) is 1.77. The molecule has 1 aromatic carbocycles. The molecular weight excluding hydrogens is 286 g/mol. The molecule has 1 heterocycles. The van der Waals surface area contributed by atoms with Gasteiger partial charge in [-0.25, -0.2) is 0 Å². The van der Waals surface area contributed by atoms with Crippen molar-refractivity contribution in [2.75, 3.05) is 11.9 Å². The summed E-state index contributed by atoms with van der Waals surface area (Å²) in [5.41, 5.74) is 3.87. The fraction of sp³-hybridized carbons (Fsp3) is 0.250. The number of amides is 1. The number of anilines is 1. The van der Waals surface area contributed by atoms with Crippen LogP contribution in [0.15, 0.2) is 35.0 Å². The average Bonchev–Trinajstić information content (AvgIpc) is 2.93. The topological polar surface area (TPSA) is 55.4 Å². The summed E-state index contributed by atoms with van der Waals surface area (Å²) in [6.45, 7) is 3.72. The first-order valence-corrected chi connectivity index (χ1v) is 7.52. The predicted molar refractivity (Wildman–Crippen MR) is 83.5 cm³/mol. The lowest BCUT2D eigenvalue weighted by atomic mass is 10.1. The van der Waals surface area contributed by atoms with Crippen LogP contribution in [0, 0.1) is 13.8 Å². The molecule has 0 spiro atoms. The molecule has 110 valence electrons. The second-order valence-corrected chi connectivity index (χ2v) is 5.60. The van der Waals surface area contributed by atoms with E-state index in [1.165, 1.54) is 11.3 Å². The van der Waals surface area contributed by atoms with Crippen LogP contribution in [0.25, 0.3) is 0 Å². The second-order valence-electron chi connectivity index (χ2n) is 4.82. The molecule has 2 aromatic rings. The van der Waals surface area contributed by atoms with Gasteiger partial charge in [-0.1, -0.05) is 6.07 Å². The van der Waals surface area contributed by atoms with Gasteiger partial charge in [0, 0.05) is 5.69 Å². The van der Waals surface area contributed by atoms with E-state index < -0.39 is 5.97 Å². The minimum atomic E-state index is -0.399. The molecule has 21 heavy (non-hydrogen) atoms. The minimum absolute atomic E-state index is 0.195. The molecule has 5 heteroatoms. The Kier molecular flexibility index (Phi) is 5.11. The third kappa shape index (κ3) is 4.72. The van der Waals surface area contributed by atoms with Gasteiger partial charge in [0.2, 0.25) is 0 Å². The molecule has 0 aliphatic rings. The van der Waals surface area contributed by atoms with Crippen molar-refractivity contribution in [1.29, 1.82) is 0 Å². The summed E-state index contributed by atoms with van der Waals surface area (Å²) in [5.74, 6) is -0.736. The van der Waals surface area contributed by atoms with Crippen molar-refractivity contribution in [3.8, 4) is 0 Å². The molecule has 0 atom stereocenters. The van der Waals surface area contributed by atoms with Crippen molar-refractivity contribution in [1.82, 2.24) is 0 Å². The van der Waals surface area contributed by atoms with Crippen LogP contribution in [0.1, 0.15) is 16.7 Å². The molecule has 4 nitrogen and oxygen atoms in total. The van der Waals surface area contributed by atoms with Gasteiger partial charge in [0.25, 0.3) is 5.91 Å². The fourth-order valence-corrected chi connectivity index (χ4v) is 2.44. The monoisotopic (exact) mass is 303 g/mol. The first-order valence-electron chi connectivity index (χ1n) is 6.58. The summed E-state index contributed by atoms with van der Waals surface area (Å²) >= 11 is 1.52. The van der Waals surface area contributed by atoms with Gasteiger partial charge in [0.1, 0.15) is 0 Å². The van der Waals surface area contributed by atoms with Gasteiger partial charge in [-0.2, -0.15) is 11.3 Å². The van der Waals surface area contributed by atoms with E-state index in [0.717, 1.165) is 16.7 Å². The van der Waals surface area contributed by atoms with Crippen LogP contribution < -0.4 is 5.32 Å². The molecule has 2 rings (SSSR count). The molecule has 0 aliphatic heterocycles. The molecule has 0 fully saturated rings. The molecule has 0 saturated heterocycles. The molecule has 0 bridgehead atoms. The van der Waals surface area contributed by atoms with E-state index in [2.05, 4.69) is 5.32 Å². The van der Waals surface area contributed by atoms with E-state index in [4.69, 9.17) is 4.74 Å². The number of thiophene rings is 1. The lowest BCUT2D eigenvalue weighted by Crippen LogP contribution is -2.21. The zero-order valence-electron chi connectivity index (χ0n) is 12.0. The number of hydrogen-bond donors (Lipinski definition) is 1. The van der Waals surface area contributed by atoms with Crippen LogP contribution in [-0.2, 0) is 20.7 Å². The summed E-state index contributed by atoms with van der Waals surface area (Å²) in [6, 6.07) is 7.52. The highest BCUT2D eigenvalue weighted by molar-refractivity contribution is 7.07. The van der Waals surface area contributed by atoms with E-state index >= 15 is 0 Å². The quantitative estimate of drug-likeness (QED) is 0.864. The van der Waals surface area contributed by atoms with E-state index in [1.54, 1.807) is 0 Å². The van der Waals surface area contributed by atoms with Crippen LogP contribution in [0.2, 0.25) is 0 Å². The van der Waals surface area contributed by atoms with Crippen molar-refractivity contribution < 1.29 is 14.3 Å². The molecular formula is C16H17NO3S. The number of carbonyl (C=O) groups is 2. The lowest BCUT2D eigenvalue weighted by molar-refractivity contribution is -0.146. The van der Waals surface area contributed by atoms with E-state index in [0.29, 0.717) is 5.69 Å². The van der Waals surface area contributed by atoms with Gasteiger partial charge >= 0.3 is 5.97 Å². The highest BCUT2D eigenvalue weighted by atomic mass is 32.1. The van der Waals surface area contributed by atoms with Crippen LogP contribution >= 0.6 is 11.3 Å². The van der Waals surface area contributed by atoms with Crippen molar-refractivity contribution >= 4 is 28.9 Å². The van der Waals surface area contributed by atoms with Gasteiger partial charge in [-0.15, -0.1) is 0 Å². The van der Waals surface area contributed by atoms with Gasteiger partial charge in [0.15, 0.2) is 6.61 Å². The third-order valence-corrected chi connectivity index (χ3v) is 3.82. The number of benzene rings is 1. The van der Waals surface area contributed by atoms with Gasteiger partial charge in [-0.05, 0) is 59.5 Å². The standard InChI is InChI=1S/C16H17NO3S/c1-11-3-4-14(7-12(11)2)17-15(18)9-20-16(19)8-13-5-6-21-10-13/h3-7,10H,8-9H2,1-2H3,(H,17,18). The average molecular weight is 303 g/mol. The Morgan fingerprint density at radius 2 is 2.00 bits per heavy atom. The van der Waals surface area contributed by atoms with Crippen LogP contribution in [-0.4, -0.2) is 18.5 Å². The van der Waals surface area contributed by atoms with Crippen LogP contribution in [0.4, 0.5) is 5.69 Å². The van der Waals surface area contributed by atoms with E-state index in [-0.39, 0.29) is 18.9 Å². The number of ether oxygens (including phenoxy) is 1. The summed E-state index contributed by atoms with van der Waals surface area (Å²) in [7, 11) is 0. The molecule has 1 aromatic heterocycles. The Labute approximate surface area is 127 Å². The van der Waals surface area contributed by atoms with Crippen molar-refractivity contribution in [2.45, 2.75) is 20.3 Å². The Morgan fingerprint density at radius 1 is 1.19 bits per heavy atom. The van der Waals surface area contributed by atoms with E-state index in [9.17, 15) is 9.59 Å². The largest absolute Gasteiger partial charge is 0.455 e. The Balaban J connectivity index is 1.79. The highest BCUT2D eigenvalue weighted by Gasteiger charge is 2.09. The predicted octanol–water partition coefficient (Wildman–Crippen LogP) is 3.09. The SMILES string of the molecule is Cc1ccc(NC(=O)COC(=O)Cc2ccsc2)cc1C. The lowest BCUT2D eigenvalue weighted by Gasteiger charge is -2.08. The normalized spacial score (nSPS) is 10.2. The maximum Gasteiger partial charge on any atom is 0.310 e. The highest BCUT2D eigenvalue weighted by Crippen LogP contribution is 2.14. The summed E-state index contributed by atoms with van der Waals surface area (Å²) in [6.07, 6.45) is 0.195. The maximum absolute atomic E-state index is 11.7. The smallest absolute Gasteiger partial charge is 0.310 e. The molecule has 0 radical (unpaired) electrons. The van der Waals surface area contributed by atoms with Crippen molar-refractivity contribution in [3.05, 3.63) is 51.7 Å². The number of hydrogen-bond acceptors (Lipinski definition) is 4. The van der Waals surface area contributed by atoms with E-state index in [1.807, 2.05) is 48.9 Å². The Hall–Kier alpha value is -2.14. The van der Waals surface area contributed by atoms with Crippen LogP contribution in [0.3, 0.4) is 0 Å².